The highest BCUT2D eigenvalue weighted by molar-refractivity contribution is 5.26. The van der Waals surface area contributed by atoms with Crippen molar-refractivity contribution in [1.82, 2.24) is 4.90 Å². The van der Waals surface area contributed by atoms with E-state index in [1.165, 1.54) is 6.07 Å². The van der Waals surface area contributed by atoms with Gasteiger partial charge in [-0.15, -0.1) is 0 Å². The number of halogens is 3. The second-order valence-electron chi connectivity index (χ2n) is 7.43. The van der Waals surface area contributed by atoms with E-state index in [-0.39, 0.29) is 12.0 Å². The Morgan fingerprint density at radius 2 is 1.68 bits per heavy atom. The standard InChI is InChI=1S/C17H23F3N2/c1-15(2,3)11-16(4,5)22(12-21)10-13-7-6-8-14(9-13)17(18,19)20/h6-9H,10-11H2,1-5H3. The van der Waals surface area contributed by atoms with Gasteiger partial charge in [-0.25, -0.2) is 0 Å². The highest BCUT2D eigenvalue weighted by atomic mass is 19.4. The summed E-state index contributed by atoms with van der Waals surface area (Å²) in [6.45, 7) is 10.3. The smallest absolute Gasteiger partial charge is 0.301 e. The van der Waals surface area contributed by atoms with Crippen LogP contribution in [0, 0.1) is 16.9 Å². The van der Waals surface area contributed by atoms with Gasteiger partial charge in [0.15, 0.2) is 6.19 Å². The van der Waals surface area contributed by atoms with Crippen molar-refractivity contribution in [1.29, 1.82) is 5.26 Å². The Morgan fingerprint density at radius 1 is 1.09 bits per heavy atom. The zero-order chi connectivity index (χ0) is 17.2. The first kappa shape index (κ1) is 18.3. The van der Waals surface area contributed by atoms with Crippen molar-refractivity contribution in [2.75, 3.05) is 0 Å². The lowest BCUT2D eigenvalue weighted by molar-refractivity contribution is -0.137. The molecule has 22 heavy (non-hydrogen) atoms. The first-order chi connectivity index (χ1) is 9.85. The Hall–Kier alpha value is -1.70. The van der Waals surface area contributed by atoms with Gasteiger partial charge in [0, 0.05) is 5.54 Å². The minimum Gasteiger partial charge on any atom is -0.301 e. The Kier molecular flexibility index (Phi) is 5.17. The predicted octanol–water partition coefficient (Wildman–Crippen LogP) is 5.20. The van der Waals surface area contributed by atoms with Gasteiger partial charge in [-0.1, -0.05) is 32.9 Å². The van der Waals surface area contributed by atoms with E-state index in [1.807, 2.05) is 13.8 Å². The molecule has 0 atom stereocenters. The molecule has 0 radical (unpaired) electrons. The molecule has 0 amide bonds. The van der Waals surface area contributed by atoms with E-state index in [0.29, 0.717) is 5.56 Å². The van der Waals surface area contributed by atoms with E-state index in [0.717, 1.165) is 18.6 Å². The second kappa shape index (κ2) is 6.20. The molecule has 1 aromatic carbocycles. The molecule has 0 saturated heterocycles. The molecule has 0 N–H and O–H groups in total. The van der Waals surface area contributed by atoms with Gasteiger partial charge in [-0.05, 0) is 43.4 Å². The third-order valence-electron chi connectivity index (χ3n) is 3.41. The van der Waals surface area contributed by atoms with Crippen LogP contribution >= 0.6 is 0 Å². The predicted molar refractivity (Wildman–Crippen MR) is 80.8 cm³/mol. The normalized spacial score (nSPS) is 12.9. The number of rotatable bonds is 4. The zero-order valence-electron chi connectivity index (χ0n) is 13.8. The van der Waals surface area contributed by atoms with E-state index >= 15 is 0 Å². The average Bonchev–Trinajstić information content (AvgIpc) is 2.32. The van der Waals surface area contributed by atoms with Gasteiger partial charge in [0.05, 0.1) is 12.1 Å². The lowest BCUT2D eigenvalue weighted by Gasteiger charge is -2.39. The molecule has 0 aromatic heterocycles. The Bertz CT molecular complexity index is 548. The second-order valence-corrected chi connectivity index (χ2v) is 7.43. The molecule has 1 aromatic rings. The van der Waals surface area contributed by atoms with Crippen molar-refractivity contribution in [2.24, 2.45) is 5.41 Å². The number of hydrogen-bond donors (Lipinski definition) is 0. The molecule has 0 aliphatic heterocycles. The molecule has 0 bridgehead atoms. The highest BCUT2D eigenvalue weighted by Gasteiger charge is 2.33. The fourth-order valence-corrected chi connectivity index (χ4v) is 2.81. The van der Waals surface area contributed by atoms with Crippen LogP contribution in [-0.2, 0) is 12.7 Å². The van der Waals surface area contributed by atoms with Crippen molar-refractivity contribution < 1.29 is 13.2 Å². The molecule has 5 heteroatoms. The van der Waals surface area contributed by atoms with Crippen molar-refractivity contribution in [3.8, 4) is 6.19 Å². The summed E-state index contributed by atoms with van der Waals surface area (Å²) in [5.74, 6) is 0. The summed E-state index contributed by atoms with van der Waals surface area (Å²) >= 11 is 0. The van der Waals surface area contributed by atoms with Gasteiger partial charge in [0.2, 0.25) is 0 Å². The van der Waals surface area contributed by atoms with Crippen LogP contribution < -0.4 is 0 Å². The lowest BCUT2D eigenvalue weighted by Crippen LogP contribution is -2.43. The van der Waals surface area contributed by atoms with Gasteiger partial charge in [-0.2, -0.15) is 18.4 Å². The molecule has 0 aliphatic rings. The van der Waals surface area contributed by atoms with E-state index < -0.39 is 17.3 Å². The summed E-state index contributed by atoms with van der Waals surface area (Å²) in [4.78, 5) is 1.55. The number of hydrogen-bond acceptors (Lipinski definition) is 2. The molecule has 0 saturated carbocycles. The first-order valence-electron chi connectivity index (χ1n) is 7.19. The first-order valence-corrected chi connectivity index (χ1v) is 7.19. The SMILES string of the molecule is CC(C)(C)CC(C)(C)N(C#N)Cc1cccc(C(F)(F)F)c1. The van der Waals surface area contributed by atoms with Crippen LogP contribution in [0.3, 0.4) is 0 Å². The summed E-state index contributed by atoms with van der Waals surface area (Å²) < 4.78 is 38.3. The van der Waals surface area contributed by atoms with Gasteiger partial charge in [0.25, 0.3) is 0 Å². The molecule has 0 unspecified atom stereocenters. The lowest BCUT2D eigenvalue weighted by atomic mass is 9.81. The van der Waals surface area contributed by atoms with Crippen molar-refractivity contribution >= 4 is 0 Å². The molecular formula is C17H23F3N2. The van der Waals surface area contributed by atoms with Crippen molar-refractivity contribution in [2.45, 2.75) is 59.3 Å². The number of nitrogens with zero attached hydrogens (tertiary/aromatic N) is 2. The van der Waals surface area contributed by atoms with E-state index in [9.17, 15) is 18.4 Å². The Balaban J connectivity index is 2.99. The van der Waals surface area contributed by atoms with Crippen LogP contribution in [0.2, 0.25) is 0 Å². The maximum atomic E-state index is 12.8. The van der Waals surface area contributed by atoms with Gasteiger partial charge >= 0.3 is 6.18 Å². The van der Waals surface area contributed by atoms with E-state index in [4.69, 9.17) is 0 Å². The fraction of sp³-hybridized carbons (Fsp3) is 0.588. The summed E-state index contributed by atoms with van der Waals surface area (Å²) in [5, 5.41) is 9.40. The number of benzene rings is 1. The average molecular weight is 312 g/mol. The number of nitriles is 1. The van der Waals surface area contributed by atoms with Gasteiger partial charge < -0.3 is 4.90 Å². The van der Waals surface area contributed by atoms with Crippen LogP contribution in [0.4, 0.5) is 13.2 Å². The monoisotopic (exact) mass is 312 g/mol. The molecule has 1 rings (SSSR count). The van der Waals surface area contributed by atoms with Crippen LogP contribution in [0.1, 0.15) is 52.2 Å². The fourth-order valence-electron chi connectivity index (χ4n) is 2.81. The van der Waals surface area contributed by atoms with Crippen molar-refractivity contribution in [3.05, 3.63) is 35.4 Å². The topological polar surface area (TPSA) is 27.0 Å². The Morgan fingerprint density at radius 3 is 2.14 bits per heavy atom. The molecular weight excluding hydrogens is 289 g/mol. The number of alkyl halides is 3. The molecule has 122 valence electrons. The van der Waals surface area contributed by atoms with Crippen LogP contribution in [0.15, 0.2) is 24.3 Å². The molecule has 0 heterocycles. The third kappa shape index (κ3) is 5.25. The maximum absolute atomic E-state index is 12.8. The van der Waals surface area contributed by atoms with Crippen molar-refractivity contribution in [3.63, 3.8) is 0 Å². The maximum Gasteiger partial charge on any atom is 0.416 e. The van der Waals surface area contributed by atoms with Crippen LogP contribution in [0.5, 0.6) is 0 Å². The largest absolute Gasteiger partial charge is 0.416 e. The van der Waals surface area contributed by atoms with Crippen LogP contribution in [0.25, 0.3) is 0 Å². The minimum absolute atomic E-state index is 0.0203. The van der Waals surface area contributed by atoms with Crippen LogP contribution in [-0.4, -0.2) is 10.4 Å². The quantitative estimate of drug-likeness (QED) is 0.564. The zero-order valence-corrected chi connectivity index (χ0v) is 13.8. The molecule has 0 aliphatic carbocycles. The summed E-state index contributed by atoms with van der Waals surface area (Å²) in [6, 6.07) is 5.15. The molecule has 2 nitrogen and oxygen atoms in total. The summed E-state index contributed by atoms with van der Waals surface area (Å²) in [6.07, 6.45) is -1.49. The van der Waals surface area contributed by atoms with Gasteiger partial charge in [-0.3, -0.25) is 0 Å². The van der Waals surface area contributed by atoms with E-state index in [1.54, 1.807) is 11.0 Å². The van der Waals surface area contributed by atoms with Gasteiger partial charge in [0.1, 0.15) is 0 Å². The summed E-state index contributed by atoms with van der Waals surface area (Å²) in [5.41, 5.74) is -0.608. The summed E-state index contributed by atoms with van der Waals surface area (Å²) in [7, 11) is 0. The highest BCUT2D eigenvalue weighted by Crippen LogP contribution is 2.33. The molecule has 0 spiro atoms. The van der Waals surface area contributed by atoms with E-state index in [2.05, 4.69) is 27.0 Å². The molecule has 0 fully saturated rings. The minimum atomic E-state index is -4.37. The third-order valence-corrected chi connectivity index (χ3v) is 3.41. The Labute approximate surface area is 130 Å².